The van der Waals surface area contributed by atoms with Crippen molar-refractivity contribution in [3.05, 3.63) is 54.6 Å². The first-order valence-electron chi connectivity index (χ1n) is 6.30. The van der Waals surface area contributed by atoms with Crippen LogP contribution < -0.4 is 14.8 Å². The summed E-state index contributed by atoms with van der Waals surface area (Å²) in [6.07, 6.45) is -4.69. The average molecular weight is 297 g/mol. The lowest BCUT2D eigenvalue weighted by Gasteiger charge is -2.11. The van der Waals surface area contributed by atoms with E-state index < -0.39 is 6.36 Å². The van der Waals surface area contributed by atoms with Gasteiger partial charge in [0.15, 0.2) is 0 Å². The highest BCUT2D eigenvalue weighted by Gasteiger charge is 2.31. The number of alkyl halides is 3. The zero-order valence-corrected chi connectivity index (χ0v) is 11.1. The van der Waals surface area contributed by atoms with E-state index >= 15 is 0 Å². The smallest absolute Gasteiger partial charge is 0.492 e. The van der Waals surface area contributed by atoms with E-state index in [9.17, 15) is 13.2 Å². The van der Waals surface area contributed by atoms with Crippen LogP contribution in [0, 0.1) is 0 Å². The third-order valence-electron chi connectivity index (χ3n) is 2.51. The second-order valence-electron chi connectivity index (χ2n) is 4.16. The summed E-state index contributed by atoms with van der Waals surface area (Å²) in [6.45, 7) is 0.860. The van der Waals surface area contributed by atoms with E-state index in [1.54, 1.807) is 6.07 Å². The van der Waals surface area contributed by atoms with Crippen LogP contribution in [-0.4, -0.2) is 19.5 Å². The molecule has 112 valence electrons. The topological polar surface area (TPSA) is 30.5 Å². The van der Waals surface area contributed by atoms with Crippen LogP contribution in [-0.2, 0) is 0 Å². The fraction of sp³-hybridized carbons (Fsp3) is 0.200. The van der Waals surface area contributed by atoms with Gasteiger partial charge in [-0.1, -0.05) is 24.3 Å². The molecule has 0 amide bonds. The van der Waals surface area contributed by atoms with Gasteiger partial charge in [-0.05, 0) is 24.3 Å². The summed E-state index contributed by atoms with van der Waals surface area (Å²) < 4.78 is 45.6. The molecule has 0 aliphatic carbocycles. The minimum Gasteiger partial charge on any atom is -0.492 e. The van der Waals surface area contributed by atoms with E-state index in [4.69, 9.17) is 4.74 Å². The molecule has 0 saturated carbocycles. The molecule has 0 saturated heterocycles. The monoisotopic (exact) mass is 297 g/mol. The Morgan fingerprint density at radius 2 is 1.62 bits per heavy atom. The summed E-state index contributed by atoms with van der Waals surface area (Å²) >= 11 is 0. The molecule has 0 aliphatic heterocycles. The van der Waals surface area contributed by atoms with E-state index in [-0.39, 0.29) is 5.75 Å². The van der Waals surface area contributed by atoms with E-state index in [0.29, 0.717) is 18.8 Å². The molecule has 0 radical (unpaired) electrons. The molecule has 1 N–H and O–H groups in total. The second-order valence-corrected chi connectivity index (χ2v) is 4.16. The molecule has 0 unspecified atom stereocenters. The molecular weight excluding hydrogens is 283 g/mol. The van der Waals surface area contributed by atoms with Crippen molar-refractivity contribution in [1.29, 1.82) is 0 Å². The number of benzene rings is 2. The molecular formula is C15H14F3NO2. The van der Waals surface area contributed by atoms with Crippen molar-refractivity contribution in [2.45, 2.75) is 6.36 Å². The Bertz CT molecular complexity index is 558. The fourth-order valence-corrected chi connectivity index (χ4v) is 1.68. The van der Waals surface area contributed by atoms with Gasteiger partial charge in [0.25, 0.3) is 0 Å². The highest BCUT2D eigenvalue weighted by atomic mass is 19.4. The Morgan fingerprint density at radius 1 is 0.905 bits per heavy atom. The zero-order chi connectivity index (χ0) is 15.1. The summed E-state index contributed by atoms with van der Waals surface area (Å²) in [5.41, 5.74) is 0.536. The molecule has 6 heteroatoms. The van der Waals surface area contributed by atoms with Crippen LogP contribution in [0.15, 0.2) is 54.6 Å². The Hall–Kier alpha value is -2.37. The highest BCUT2D eigenvalue weighted by molar-refractivity contribution is 5.48. The van der Waals surface area contributed by atoms with Gasteiger partial charge in [-0.25, -0.2) is 0 Å². The number of hydrogen-bond acceptors (Lipinski definition) is 3. The van der Waals surface area contributed by atoms with Crippen molar-refractivity contribution in [2.24, 2.45) is 0 Å². The van der Waals surface area contributed by atoms with Crippen LogP contribution in [0.25, 0.3) is 0 Å². The second kappa shape index (κ2) is 6.88. The SMILES string of the molecule is FC(F)(F)Oc1cccc(NCCOc2ccccc2)c1. The number of nitrogens with one attached hydrogen (secondary N) is 1. The molecule has 2 rings (SSSR count). The van der Waals surface area contributed by atoms with Crippen molar-refractivity contribution in [3.63, 3.8) is 0 Å². The number of rotatable bonds is 6. The molecule has 0 fully saturated rings. The summed E-state index contributed by atoms with van der Waals surface area (Å²) in [7, 11) is 0. The number of halogens is 3. The summed E-state index contributed by atoms with van der Waals surface area (Å²) in [5.74, 6) is 0.491. The van der Waals surface area contributed by atoms with E-state index in [1.165, 1.54) is 18.2 Å². The standard InChI is InChI=1S/C15H14F3NO2/c16-15(17,18)21-14-8-4-5-12(11-14)19-9-10-20-13-6-2-1-3-7-13/h1-8,11,19H,9-10H2. The van der Waals surface area contributed by atoms with Crippen LogP contribution in [0.1, 0.15) is 0 Å². The van der Waals surface area contributed by atoms with Gasteiger partial charge in [0.1, 0.15) is 18.1 Å². The minimum absolute atomic E-state index is 0.253. The van der Waals surface area contributed by atoms with Crippen molar-refractivity contribution >= 4 is 5.69 Å². The van der Waals surface area contributed by atoms with E-state index in [2.05, 4.69) is 10.1 Å². The van der Waals surface area contributed by atoms with Gasteiger partial charge in [0, 0.05) is 18.3 Å². The predicted molar refractivity (Wildman–Crippen MR) is 73.6 cm³/mol. The minimum atomic E-state index is -4.69. The summed E-state index contributed by atoms with van der Waals surface area (Å²) in [4.78, 5) is 0. The van der Waals surface area contributed by atoms with Crippen LogP contribution in [0.3, 0.4) is 0 Å². The van der Waals surface area contributed by atoms with Gasteiger partial charge >= 0.3 is 6.36 Å². The number of anilines is 1. The van der Waals surface area contributed by atoms with Crippen LogP contribution in [0.2, 0.25) is 0 Å². The Balaban J connectivity index is 1.79. The first-order valence-corrected chi connectivity index (χ1v) is 6.30. The van der Waals surface area contributed by atoms with Gasteiger partial charge in [-0.2, -0.15) is 0 Å². The molecule has 0 bridgehead atoms. The first-order chi connectivity index (χ1) is 10.0. The molecule has 3 nitrogen and oxygen atoms in total. The lowest BCUT2D eigenvalue weighted by atomic mass is 10.3. The van der Waals surface area contributed by atoms with Crippen LogP contribution >= 0.6 is 0 Å². The van der Waals surface area contributed by atoms with Crippen molar-refractivity contribution in [1.82, 2.24) is 0 Å². The molecule has 2 aromatic rings. The largest absolute Gasteiger partial charge is 0.573 e. The van der Waals surface area contributed by atoms with Crippen molar-refractivity contribution < 1.29 is 22.6 Å². The number of para-hydroxylation sites is 1. The van der Waals surface area contributed by atoms with Gasteiger partial charge in [0.05, 0.1) is 0 Å². The molecule has 21 heavy (non-hydrogen) atoms. The normalized spacial score (nSPS) is 11.0. The molecule has 0 aromatic heterocycles. The fourth-order valence-electron chi connectivity index (χ4n) is 1.68. The average Bonchev–Trinajstić information content (AvgIpc) is 2.43. The van der Waals surface area contributed by atoms with Gasteiger partial charge < -0.3 is 14.8 Å². The highest BCUT2D eigenvalue weighted by Crippen LogP contribution is 2.24. The van der Waals surface area contributed by atoms with Gasteiger partial charge in [-0.3, -0.25) is 0 Å². The maximum atomic E-state index is 12.1. The van der Waals surface area contributed by atoms with Crippen LogP contribution in [0.5, 0.6) is 11.5 Å². The van der Waals surface area contributed by atoms with Gasteiger partial charge in [0.2, 0.25) is 0 Å². The van der Waals surface area contributed by atoms with Crippen molar-refractivity contribution in [2.75, 3.05) is 18.5 Å². The Morgan fingerprint density at radius 3 is 2.33 bits per heavy atom. The number of ether oxygens (including phenoxy) is 2. The zero-order valence-electron chi connectivity index (χ0n) is 11.1. The quantitative estimate of drug-likeness (QED) is 0.815. The van der Waals surface area contributed by atoms with Gasteiger partial charge in [-0.15, -0.1) is 13.2 Å². The first kappa shape index (κ1) is 15.0. The summed E-state index contributed by atoms with van der Waals surface area (Å²) in [6, 6.07) is 15.0. The molecule has 0 spiro atoms. The molecule has 0 heterocycles. The lowest BCUT2D eigenvalue weighted by Crippen LogP contribution is -2.17. The van der Waals surface area contributed by atoms with E-state index in [1.807, 2.05) is 30.3 Å². The van der Waals surface area contributed by atoms with E-state index in [0.717, 1.165) is 5.75 Å². The van der Waals surface area contributed by atoms with Crippen molar-refractivity contribution in [3.8, 4) is 11.5 Å². The third-order valence-corrected chi connectivity index (χ3v) is 2.51. The predicted octanol–water partition coefficient (Wildman–Crippen LogP) is 4.08. The third kappa shape index (κ3) is 5.64. The maximum Gasteiger partial charge on any atom is 0.573 e. The molecule has 0 atom stereocenters. The molecule has 0 aliphatic rings. The lowest BCUT2D eigenvalue weighted by molar-refractivity contribution is -0.274. The van der Waals surface area contributed by atoms with Crippen LogP contribution in [0.4, 0.5) is 18.9 Å². The number of hydrogen-bond donors (Lipinski definition) is 1. The Kier molecular flexibility index (Phi) is 4.92. The summed E-state index contributed by atoms with van der Waals surface area (Å²) in [5, 5.41) is 2.97. The Labute approximate surface area is 120 Å². The maximum absolute atomic E-state index is 12.1. The molecule has 2 aromatic carbocycles.